The fourth-order valence-electron chi connectivity index (χ4n) is 2.95. The summed E-state index contributed by atoms with van der Waals surface area (Å²) in [4.78, 5) is 12.7. The molecule has 1 unspecified atom stereocenters. The number of carbonyl (C=O) groups is 1. The first-order chi connectivity index (χ1) is 9.78. The molecule has 0 saturated carbocycles. The average molecular weight is 312 g/mol. The van der Waals surface area contributed by atoms with Crippen molar-refractivity contribution in [3.63, 3.8) is 0 Å². The van der Waals surface area contributed by atoms with Gasteiger partial charge in [-0.1, -0.05) is 65.7 Å². The molecule has 22 heavy (non-hydrogen) atoms. The molecule has 0 aliphatic rings. The summed E-state index contributed by atoms with van der Waals surface area (Å²) >= 11 is 0. The van der Waals surface area contributed by atoms with Crippen LogP contribution in [0.5, 0.6) is 0 Å². The number of benzene rings is 1. The molecule has 0 amide bonds. The minimum Gasteiger partial charge on any atom is -0.459 e. The van der Waals surface area contributed by atoms with Crippen molar-refractivity contribution in [2.45, 2.75) is 60.8 Å². The molecule has 0 heterocycles. The standard InChI is InChI=1S/C19H30OP.Li/c1-7-15-10-9-11-16(8-2)17(15)18(20)21-13-14(3)12-19(4,5)6;/h9-11,14H,7-8,12-13H2,1-6H3;/q-1;+1. The third-order valence-electron chi connectivity index (χ3n) is 3.72. The molecular formula is C19H30LiOP. The van der Waals surface area contributed by atoms with Gasteiger partial charge in [-0.2, -0.15) is 6.16 Å². The van der Waals surface area contributed by atoms with Crippen LogP contribution in [0.4, 0.5) is 0 Å². The van der Waals surface area contributed by atoms with Crippen LogP contribution in [0.1, 0.15) is 69.4 Å². The number of hydrogen-bond acceptors (Lipinski definition) is 1. The Morgan fingerprint density at radius 2 is 1.64 bits per heavy atom. The predicted molar refractivity (Wildman–Crippen MR) is 94.6 cm³/mol. The molecule has 1 aromatic carbocycles. The summed E-state index contributed by atoms with van der Waals surface area (Å²) in [6.45, 7) is 13.3. The second-order valence-corrected chi connectivity index (χ2v) is 8.26. The van der Waals surface area contributed by atoms with Crippen LogP contribution < -0.4 is 18.9 Å². The third-order valence-corrected chi connectivity index (χ3v) is 5.04. The maximum atomic E-state index is 12.7. The Morgan fingerprint density at radius 1 is 1.14 bits per heavy atom. The van der Waals surface area contributed by atoms with Crippen LogP contribution in [0.15, 0.2) is 18.2 Å². The number of rotatable bonds is 7. The van der Waals surface area contributed by atoms with Crippen LogP contribution in [-0.2, 0) is 12.8 Å². The molecule has 118 valence electrons. The van der Waals surface area contributed by atoms with Gasteiger partial charge in [0.2, 0.25) is 0 Å². The summed E-state index contributed by atoms with van der Waals surface area (Å²) in [6.07, 6.45) is 4.00. The van der Waals surface area contributed by atoms with Crippen molar-refractivity contribution < 1.29 is 23.7 Å². The van der Waals surface area contributed by atoms with Gasteiger partial charge in [0.15, 0.2) is 0 Å². The molecule has 1 rings (SSSR count). The Kier molecular flexibility index (Phi) is 9.89. The molecule has 3 heteroatoms. The van der Waals surface area contributed by atoms with E-state index in [0.717, 1.165) is 33.1 Å². The van der Waals surface area contributed by atoms with E-state index < -0.39 is 0 Å². The Labute approximate surface area is 151 Å². The molecule has 0 fully saturated rings. The van der Waals surface area contributed by atoms with Crippen LogP contribution in [-0.4, -0.2) is 11.7 Å². The Balaban J connectivity index is 0.00000441. The predicted octanol–water partition coefficient (Wildman–Crippen LogP) is 2.97. The van der Waals surface area contributed by atoms with Gasteiger partial charge >= 0.3 is 18.9 Å². The molecule has 0 aliphatic carbocycles. The van der Waals surface area contributed by atoms with E-state index in [1.54, 1.807) is 0 Å². The summed E-state index contributed by atoms with van der Waals surface area (Å²) in [5.41, 5.74) is 4.05. The van der Waals surface area contributed by atoms with Gasteiger partial charge in [-0.3, -0.25) is 0 Å². The van der Waals surface area contributed by atoms with Gasteiger partial charge in [-0.15, -0.1) is 0 Å². The number of carbonyl (C=O) groups excluding carboxylic acids is 1. The van der Waals surface area contributed by atoms with E-state index in [1.165, 1.54) is 17.5 Å². The molecule has 0 aromatic heterocycles. The average Bonchev–Trinajstić information content (AvgIpc) is 2.41. The second kappa shape index (κ2) is 9.92. The molecule has 0 aliphatic heterocycles. The molecule has 0 radical (unpaired) electrons. The van der Waals surface area contributed by atoms with E-state index in [-0.39, 0.29) is 18.9 Å². The number of aryl methyl sites for hydroxylation is 2. The van der Waals surface area contributed by atoms with Gasteiger partial charge in [-0.25, -0.2) is 0 Å². The van der Waals surface area contributed by atoms with Gasteiger partial charge in [0.05, 0.1) is 0 Å². The topological polar surface area (TPSA) is 17.1 Å². The number of hydrogen-bond donors (Lipinski definition) is 0. The maximum absolute atomic E-state index is 12.7. The van der Waals surface area contributed by atoms with Gasteiger partial charge in [-0.05, 0) is 41.4 Å². The van der Waals surface area contributed by atoms with Crippen LogP contribution in [0.3, 0.4) is 0 Å². The van der Waals surface area contributed by atoms with Crippen molar-refractivity contribution >= 4 is 14.1 Å². The summed E-state index contributed by atoms with van der Waals surface area (Å²) in [5.74, 6) is 0.592. The van der Waals surface area contributed by atoms with E-state index in [0.29, 0.717) is 16.9 Å². The van der Waals surface area contributed by atoms with Crippen molar-refractivity contribution in [3.8, 4) is 0 Å². The first-order valence-corrected chi connectivity index (χ1v) is 9.19. The minimum absolute atomic E-state index is 0. The largest absolute Gasteiger partial charge is 1.00 e. The Hall–Kier alpha value is -0.0826. The van der Waals surface area contributed by atoms with Gasteiger partial charge in [0.1, 0.15) is 0 Å². The summed E-state index contributed by atoms with van der Waals surface area (Å²) in [7, 11) is 0.954. The molecule has 0 spiro atoms. The van der Waals surface area contributed by atoms with Crippen molar-refractivity contribution in [2.24, 2.45) is 11.3 Å². The maximum Gasteiger partial charge on any atom is 1.00 e. The zero-order valence-electron chi connectivity index (χ0n) is 15.5. The summed E-state index contributed by atoms with van der Waals surface area (Å²) < 4.78 is 0. The van der Waals surface area contributed by atoms with Crippen LogP contribution in [0.25, 0.3) is 0 Å². The zero-order valence-corrected chi connectivity index (χ0v) is 16.4. The van der Waals surface area contributed by atoms with Gasteiger partial charge < -0.3 is 13.4 Å². The van der Waals surface area contributed by atoms with Crippen LogP contribution in [0, 0.1) is 11.3 Å². The molecular weight excluding hydrogens is 282 g/mol. The second-order valence-electron chi connectivity index (χ2n) is 7.17. The van der Waals surface area contributed by atoms with Crippen molar-refractivity contribution in [2.75, 3.05) is 6.16 Å². The van der Waals surface area contributed by atoms with Crippen molar-refractivity contribution in [1.82, 2.24) is 0 Å². The SMILES string of the molecule is CCc1cccc(CC)c1C(=O)[P-]CC(C)CC(C)(C)C.[Li+]. The zero-order chi connectivity index (χ0) is 16.0. The quantitative estimate of drug-likeness (QED) is 0.559. The third kappa shape index (κ3) is 7.00. The van der Waals surface area contributed by atoms with Crippen LogP contribution >= 0.6 is 8.58 Å². The molecule has 1 aromatic rings. The van der Waals surface area contributed by atoms with Crippen molar-refractivity contribution in [3.05, 3.63) is 34.9 Å². The van der Waals surface area contributed by atoms with E-state index in [4.69, 9.17) is 0 Å². The smallest absolute Gasteiger partial charge is 0.459 e. The fraction of sp³-hybridized carbons (Fsp3) is 0.632. The fourth-order valence-corrected chi connectivity index (χ4v) is 4.00. The summed E-state index contributed by atoms with van der Waals surface area (Å²) in [5, 5.41) is 0. The van der Waals surface area contributed by atoms with E-state index in [1.807, 2.05) is 0 Å². The monoisotopic (exact) mass is 312 g/mol. The molecule has 0 saturated heterocycles. The first kappa shape index (κ1) is 21.9. The van der Waals surface area contributed by atoms with Gasteiger partial charge in [0, 0.05) is 5.52 Å². The van der Waals surface area contributed by atoms with E-state index in [2.05, 4.69) is 59.7 Å². The van der Waals surface area contributed by atoms with E-state index >= 15 is 0 Å². The van der Waals surface area contributed by atoms with Crippen LogP contribution in [0.2, 0.25) is 0 Å². The molecule has 0 bridgehead atoms. The Morgan fingerprint density at radius 3 is 2.05 bits per heavy atom. The van der Waals surface area contributed by atoms with E-state index in [9.17, 15) is 4.79 Å². The molecule has 0 N–H and O–H groups in total. The normalized spacial score (nSPS) is 13.2. The molecule has 1 atom stereocenters. The Bertz CT molecular complexity index is 455. The first-order valence-electron chi connectivity index (χ1n) is 8.11. The molecule has 1 nitrogen and oxygen atoms in total. The minimum atomic E-state index is 0. The van der Waals surface area contributed by atoms with Gasteiger partial charge in [0.25, 0.3) is 0 Å². The van der Waals surface area contributed by atoms with Crippen molar-refractivity contribution in [1.29, 1.82) is 0 Å². The summed E-state index contributed by atoms with van der Waals surface area (Å²) in [6, 6.07) is 6.27.